The standard InChI is InChI=1S/C9H9NO4/c10-14-9(13)4-2-6-1-3-7(11)8(12)5-6/h1-5,11-12H,10H2/b4-2+. The second-order valence-electron chi connectivity index (χ2n) is 2.52. The summed E-state index contributed by atoms with van der Waals surface area (Å²) in [5.41, 5.74) is 0.547. The van der Waals surface area contributed by atoms with Crippen LogP contribution in [0.2, 0.25) is 0 Å². The van der Waals surface area contributed by atoms with Gasteiger partial charge in [0.05, 0.1) is 0 Å². The van der Waals surface area contributed by atoms with Gasteiger partial charge in [0.2, 0.25) is 0 Å². The van der Waals surface area contributed by atoms with E-state index in [4.69, 9.17) is 10.2 Å². The third kappa shape index (κ3) is 2.49. The van der Waals surface area contributed by atoms with E-state index >= 15 is 0 Å². The molecule has 0 aliphatic heterocycles. The topological polar surface area (TPSA) is 92.8 Å². The van der Waals surface area contributed by atoms with Crippen LogP contribution in [-0.2, 0) is 9.63 Å². The van der Waals surface area contributed by atoms with Crippen molar-refractivity contribution in [3.05, 3.63) is 29.8 Å². The van der Waals surface area contributed by atoms with Crippen molar-refractivity contribution in [3.63, 3.8) is 0 Å². The van der Waals surface area contributed by atoms with Gasteiger partial charge in [0.1, 0.15) is 0 Å². The van der Waals surface area contributed by atoms with E-state index in [1.54, 1.807) is 0 Å². The third-order valence-electron chi connectivity index (χ3n) is 1.53. The number of nitrogens with two attached hydrogens (primary N) is 1. The van der Waals surface area contributed by atoms with Gasteiger partial charge >= 0.3 is 5.97 Å². The number of carbonyl (C=O) groups excluding carboxylic acids is 1. The average molecular weight is 195 g/mol. The zero-order valence-corrected chi connectivity index (χ0v) is 7.18. The highest BCUT2D eigenvalue weighted by molar-refractivity contribution is 5.86. The smallest absolute Gasteiger partial charge is 0.349 e. The van der Waals surface area contributed by atoms with Crippen LogP contribution < -0.4 is 5.90 Å². The summed E-state index contributed by atoms with van der Waals surface area (Å²) in [6.45, 7) is 0. The molecule has 1 aromatic rings. The molecule has 1 rings (SSSR count). The first-order valence-electron chi connectivity index (χ1n) is 3.74. The molecule has 0 aromatic heterocycles. The van der Waals surface area contributed by atoms with Gasteiger partial charge < -0.3 is 15.1 Å². The Morgan fingerprint density at radius 2 is 2.07 bits per heavy atom. The number of phenolic OH excluding ortho intramolecular Hbond substituents is 2. The van der Waals surface area contributed by atoms with Gasteiger partial charge in [-0.05, 0) is 23.8 Å². The Kier molecular flexibility index (Phi) is 3.09. The molecule has 5 nitrogen and oxygen atoms in total. The van der Waals surface area contributed by atoms with E-state index in [2.05, 4.69) is 10.7 Å². The highest BCUT2D eigenvalue weighted by Crippen LogP contribution is 2.25. The second-order valence-corrected chi connectivity index (χ2v) is 2.52. The van der Waals surface area contributed by atoms with Gasteiger partial charge in [-0.3, -0.25) is 0 Å². The molecule has 0 aliphatic rings. The second kappa shape index (κ2) is 4.29. The maximum Gasteiger partial charge on any atom is 0.349 e. The van der Waals surface area contributed by atoms with Gasteiger partial charge in [-0.1, -0.05) is 6.07 Å². The van der Waals surface area contributed by atoms with Gasteiger partial charge in [0, 0.05) is 6.08 Å². The van der Waals surface area contributed by atoms with Crippen LogP contribution in [0.1, 0.15) is 5.56 Å². The number of phenols is 2. The molecular weight excluding hydrogens is 186 g/mol. The van der Waals surface area contributed by atoms with Crippen LogP contribution in [0.5, 0.6) is 11.5 Å². The molecule has 14 heavy (non-hydrogen) atoms. The Balaban J connectivity index is 2.83. The van der Waals surface area contributed by atoms with Crippen LogP contribution in [0.15, 0.2) is 24.3 Å². The highest BCUT2D eigenvalue weighted by atomic mass is 16.7. The Morgan fingerprint density at radius 3 is 2.64 bits per heavy atom. The van der Waals surface area contributed by atoms with Gasteiger partial charge in [-0.2, -0.15) is 5.90 Å². The van der Waals surface area contributed by atoms with Crippen molar-refractivity contribution in [2.24, 2.45) is 5.90 Å². The SMILES string of the molecule is NOC(=O)/C=C/c1ccc(O)c(O)c1. The third-order valence-corrected chi connectivity index (χ3v) is 1.53. The zero-order valence-electron chi connectivity index (χ0n) is 7.18. The molecule has 0 radical (unpaired) electrons. The summed E-state index contributed by atoms with van der Waals surface area (Å²) in [4.78, 5) is 14.5. The lowest BCUT2D eigenvalue weighted by Gasteiger charge is -1.97. The van der Waals surface area contributed by atoms with Crippen LogP contribution in [0, 0.1) is 0 Å². The minimum atomic E-state index is -0.697. The van der Waals surface area contributed by atoms with Crippen molar-refractivity contribution in [2.45, 2.75) is 0 Å². The van der Waals surface area contributed by atoms with Crippen molar-refractivity contribution in [3.8, 4) is 11.5 Å². The number of aromatic hydroxyl groups is 2. The summed E-state index contributed by atoms with van der Waals surface area (Å²) in [6, 6.07) is 4.13. The monoisotopic (exact) mass is 195 g/mol. The van der Waals surface area contributed by atoms with Gasteiger partial charge in [0.15, 0.2) is 11.5 Å². The number of rotatable bonds is 2. The lowest BCUT2D eigenvalue weighted by Crippen LogP contribution is -2.05. The van der Waals surface area contributed by atoms with E-state index in [0.717, 1.165) is 6.08 Å². The number of hydrogen-bond acceptors (Lipinski definition) is 5. The van der Waals surface area contributed by atoms with Crippen LogP contribution in [0.4, 0.5) is 0 Å². The van der Waals surface area contributed by atoms with Crippen LogP contribution in [0.3, 0.4) is 0 Å². The van der Waals surface area contributed by atoms with Crippen LogP contribution >= 0.6 is 0 Å². The molecule has 5 heteroatoms. The first kappa shape index (κ1) is 10.1. The fraction of sp³-hybridized carbons (Fsp3) is 0. The molecule has 0 spiro atoms. The lowest BCUT2D eigenvalue weighted by molar-refractivity contribution is -0.138. The fourth-order valence-electron chi connectivity index (χ4n) is 0.848. The largest absolute Gasteiger partial charge is 0.504 e. The van der Waals surface area contributed by atoms with Crippen molar-refractivity contribution < 1.29 is 19.8 Å². The van der Waals surface area contributed by atoms with Crippen LogP contribution in [-0.4, -0.2) is 16.2 Å². The van der Waals surface area contributed by atoms with Crippen molar-refractivity contribution in [1.82, 2.24) is 0 Å². The normalized spacial score (nSPS) is 10.4. The summed E-state index contributed by atoms with van der Waals surface area (Å²) in [5, 5.41) is 18.1. The maximum atomic E-state index is 10.6. The van der Waals surface area contributed by atoms with Gasteiger partial charge in [-0.25, -0.2) is 4.79 Å². The van der Waals surface area contributed by atoms with Gasteiger partial charge in [-0.15, -0.1) is 0 Å². The lowest BCUT2D eigenvalue weighted by atomic mass is 10.2. The molecule has 74 valence electrons. The Labute approximate surface area is 80.0 Å². The molecule has 0 aliphatic carbocycles. The minimum Gasteiger partial charge on any atom is -0.504 e. The van der Waals surface area contributed by atoms with Gasteiger partial charge in [0.25, 0.3) is 0 Å². The van der Waals surface area contributed by atoms with E-state index in [-0.39, 0.29) is 11.5 Å². The predicted octanol–water partition coefficient (Wildman–Crippen LogP) is 0.528. The zero-order chi connectivity index (χ0) is 10.6. The summed E-state index contributed by atoms with van der Waals surface area (Å²) in [5.74, 6) is 3.43. The van der Waals surface area contributed by atoms with Crippen LogP contribution in [0.25, 0.3) is 6.08 Å². The Bertz CT molecular complexity index is 373. The molecule has 0 bridgehead atoms. The maximum absolute atomic E-state index is 10.6. The summed E-state index contributed by atoms with van der Waals surface area (Å²) >= 11 is 0. The Hall–Kier alpha value is -2.01. The number of benzene rings is 1. The molecule has 0 saturated carbocycles. The molecule has 0 amide bonds. The van der Waals surface area contributed by atoms with Crippen molar-refractivity contribution in [1.29, 1.82) is 0 Å². The van der Waals surface area contributed by atoms with E-state index in [9.17, 15) is 4.79 Å². The fourth-order valence-corrected chi connectivity index (χ4v) is 0.848. The summed E-state index contributed by atoms with van der Waals surface area (Å²) in [7, 11) is 0. The number of carbonyl (C=O) groups is 1. The molecule has 0 unspecified atom stereocenters. The molecular formula is C9H9NO4. The van der Waals surface area contributed by atoms with E-state index in [0.29, 0.717) is 5.56 Å². The molecule has 4 N–H and O–H groups in total. The first-order chi connectivity index (χ1) is 6.63. The molecule has 1 aromatic carbocycles. The minimum absolute atomic E-state index is 0.219. The highest BCUT2D eigenvalue weighted by Gasteiger charge is 1.98. The summed E-state index contributed by atoms with van der Waals surface area (Å²) < 4.78 is 0. The number of hydrogen-bond donors (Lipinski definition) is 3. The molecule has 0 fully saturated rings. The first-order valence-corrected chi connectivity index (χ1v) is 3.74. The van der Waals surface area contributed by atoms with Crippen molar-refractivity contribution >= 4 is 12.0 Å². The predicted molar refractivity (Wildman–Crippen MR) is 49.1 cm³/mol. The van der Waals surface area contributed by atoms with Crippen molar-refractivity contribution in [2.75, 3.05) is 0 Å². The summed E-state index contributed by atoms with van der Waals surface area (Å²) in [6.07, 6.45) is 2.50. The molecule has 0 saturated heterocycles. The Morgan fingerprint density at radius 1 is 1.36 bits per heavy atom. The van der Waals surface area contributed by atoms with E-state index in [1.807, 2.05) is 0 Å². The molecule has 0 heterocycles. The quantitative estimate of drug-likeness (QED) is 0.363. The average Bonchev–Trinajstić information content (AvgIpc) is 2.19. The van der Waals surface area contributed by atoms with E-state index < -0.39 is 5.97 Å². The molecule has 0 atom stereocenters. The van der Waals surface area contributed by atoms with E-state index in [1.165, 1.54) is 24.3 Å².